The Hall–Kier alpha value is -2.29. The number of rotatable bonds is 3. The molecule has 4 rings (SSSR count). The van der Waals surface area contributed by atoms with Crippen LogP contribution < -0.4 is 11.5 Å². The van der Waals surface area contributed by atoms with Gasteiger partial charge in [0.15, 0.2) is 5.82 Å². The average molecular weight is 358 g/mol. The molecule has 4 N–H and O–H groups in total. The first-order chi connectivity index (χ1) is 11.1. The SMILES string of the molecule is NC(=O)c1sc2nc(-c3cccs3)nc(-c3ccsc3)c2c1N. The maximum Gasteiger partial charge on any atom is 0.260 e. The van der Waals surface area contributed by atoms with E-state index in [-0.39, 0.29) is 0 Å². The van der Waals surface area contributed by atoms with Crippen molar-refractivity contribution in [1.82, 2.24) is 9.97 Å². The number of primary amides is 1. The summed E-state index contributed by atoms with van der Waals surface area (Å²) in [6.45, 7) is 0. The minimum absolute atomic E-state index is 0.328. The molecule has 23 heavy (non-hydrogen) atoms. The first-order valence-electron chi connectivity index (χ1n) is 6.61. The number of fused-ring (bicyclic) bond motifs is 1. The maximum atomic E-state index is 11.6. The van der Waals surface area contributed by atoms with E-state index in [0.717, 1.165) is 16.1 Å². The zero-order valence-electron chi connectivity index (χ0n) is 11.6. The molecule has 114 valence electrons. The number of nitrogens with zero attached hydrogens (tertiary/aromatic N) is 2. The van der Waals surface area contributed by atoms with Gasteiger partial charge in [0.05, 0.1) is 21.6 Å². The Labute approximate surface area is 143 Å². The van der Waals surface area contributed by atoms with E-state index >= 15 is 0 Å². The van der Waals surface area contributed by atoms with Crippen LogP contribution in [-0.2, 0) is 0 Å². The van der Waals surface area contributed by atoms with Crippen molar-refractivity contribution in [3.05, 3.63) is 39.2 Å². The fraction of sp³-hybridized carbons (Fsp3) is 0. The highest BCUT2D eigenvalue weighted by Crippen LogP contribution is 2.40. The molecule has 8 heteroatoms. The molecule has 0 aliphatic carbocycles. The van der Waals surface area contributed by atoms with Crippen molar-refractivity contribution in [2.75, 3.05) is 5.73 Å². The molecule has 5 nitrogen and oxygen atoms in total. The molecule has 0 saturated heterocycles. The second kappa shape index (κ2) is 5.41. The molecule has 0 fully saturated rings. The normalized spacial score (nSPS) is 11.1. The van der Waals surface area contributed by atoms with Gasteiger partial charge in [-0.2, -0.15) is 11.3 Å². The van der Waals surface area contributed by atoms with E-state index in [9.17, 15) is 4.79 Å². The molecule has 4 aromatic heterocycles. The summed E-state index contributed by atoms with van der Waals surface area (Å²) in [4.78, 5) is 22.9. The molecule has 4 heterocycles. The molecule has 0 aliphatic heterocycles. The summed E-state index contributed by atoms with van der Waals surface area (Å²) in [6, 6.07) is 5.90. The standard InChI is InChI=1S/C15H10N4OS3/c16-10-9-11(7-3-5-21-6-7)18-14(8-2-1-4-22-8)19-15(9)23-12(10)13(17)20/h1-6H,16H2,(H2,17,20). The third kappa shape index (κ3) is 2.31. The summed E-state index contributed by atoms with van der Waals surface area (Å²) >= 11 is 4.36. The zero-order chi connectivity index (χ0) is 16.0. The van der Waals surface area contributed by atoms with Gasteiger partial charge in [-0.1, -0.05) is 6.07 Å². The summed E-state index contributed by atoms with van der Waals surface area (Å²) in [5, 5.41) is 6.65. The highest BCUT2D eigenvalue weighted by molar-refractivity contribution is 7.21. The van der Waals surface area contributed by atoms with E-state index < -0.39 is 5.91 Å². The first kappa shape index (κ1) is 14.3. The van der Waals surface area contributed by atoms with Crippen molar-refractivity contribution >= 4 is 55.8 Å². The number of amides is 1. The highest BCUT2D eigenvalue weighted by Gasteiger charge is 2.21. The van der Waals surface area contributed by atoms with Crippen LogP contribution >= 0.6 is 34.0 Å². The smallest absolute Gasteiger partial charge is 0.260 e. The van der Waals surface area contributed by atoms with Gasteiger partial charge in [0.25, 0.3) is 5.91 Å². The number of hydrogen-bond acceptors (Lipinski definition) is 7. The minimum Gasteiger partial charge on any atom is -0.397 e. The van der Waals surface area contributed by atoms with Gasteiger partial charge >= 0.3 is 0 Å². The lowest BCUT2D eigenvalue weighted by atomic mass is 10.1. The third-order valence-electron chi connectivity index (χ3n) is 3.35. The molecule has 0 aliphatic rings. The highest BCUT2D eigenvalue weighted by atomic mass is 32.1. The van der Waals surface area contributed by atoms with Gasteiger partial charge in [-0.3, -0.25) is 4.79 Å². The molecule has 0 spiro atoms. The molecule has 0 bridgehead atoms. The van der Waals surface area contributed by atoms with E-state index in [1.54, 1.807) is 22.7 Å². The van der Waals surface area contributed by atoms with Crippen LogP contribution in [0.1, 0.15) is 9.67 Å². The molecular formula is C15H10N4OS3. The topological polar surface area (TPSA) is 94.9 Å². The van der Waals surface area contributed by atoms with Crippen molar-refractivity contribution in [3.8, 4) is 22.0 Å². The van der Waals surface area contributed by atoms with Crippen LogP contribution in [-0.4, -0.2) is 15.9 Å². The number of thiophene rings is 3. The Bertz CT molecular complexity index is 1000. The quantitative estimate of drug-likeness (QED) is 0.582. The number of hydrogen-bond donors (Lipinski definition) is 2. The Balaban J connectivity index is 2.08. The number of carbonyl (C=O) groups excluding carboxylic acids is 1. The Morgan fingerprint density at radius 2 is 2.04 bits per heavy atom. The van der Waals surface area contributed by atoms with E-state index in [1.807, 2.05) is 34.3 Å². The predicted octanol–water partition coefficient (Wildman–Crippen LogP) is 3.83. The van der Waals surface area contributed by atoms with Gasteiger partial charge in [0, 0.05) is 10.9 Å². The average Bonchev–Trinajstić information content (AvgIpc) is 3.27. The fourth-order valence-electron chi connectivity index (χ4n) is 2.33. The summed E-state index contributed by atoms with van der Waals surface area (Å²) in [5.74, 6) is 0.0883. The van der Waals surface area contributed by atoms with Gasteiger partial charge in [0.1, 0.15) is 9.71 Å². The second-order valence-electron chi connectivity index (χ2n) is 4.77. The minimum atomic E-state index is -0.542. The van der Waals surface area contributed by atoms with Crippen LogP contribution in [0, 0.1) is 0 Å². The summed E-state index contributed by atoms with van der Waals surface area (Å²) in [5.41, 5.74) is 13.6. The van der Waals surface area contributed by atoms with Crippen molar-refractivity contribution < 1.29 is 4.79 Å². The van der Waals surface area contributed by atoms with Gasteiger partial charge in [0.2, 0.25) is 0 Å². The van der Waals surface area contributed by atoms with Gasteiger partial charge < -0.3 is 11.5 Å². The number of carbonyl (C=O) groups is 1. The Morgan fingerprint density at radius 1 is 1.17 bits per heavy atom. The maximum absolute atomic E-state index is 11.6. The summed E-state index contributed by atoms with van der Waals surface area (Å²) in [6.07, 6.45) is 0. The zero-order valence-corrected chi connectivity index (χ0v) is 14.1. The van der Waals surface area contributed by atoms with Crippen molar-refractivity contribution in [3.63, 3.8) is 0 Å². The second-order valence-corrected chi connectivity index (χ2v) is 7.50. The molecule has 0 unspecified atom stereocenters. The van der Waals surface area contributed by atoms with Crippen LogP contribution in [0.25, 0.3) is 32.2 Å². The van der Waals surface area contributed by atoms with E-state index in [0.29, 0.717) is 26.6 Å². The van der Waals surface area contributed by atoms with Crippen molar-refractivity contribution in [2.45, 2.75) is 0 Å². The van der Waals surface area contributed by atoms with Crippen LogP contribution in [0.5, 0.6) is 0 Å². The molecule has 0 saturated carbocycles. The van der Waals surface area contributed by atoms with Crippen LogP contribution in [0.3, 0.4) is 0 Å². The molecule has 0 radical (unpaired) electrons. The molecular weight excluding hydrogens is 348 g/mol. The predicted molar refractivity (Wildman–Crippen MR) is 97.0 cm³/mol. The number of nitrogens with two attached hydrogens (primary N) is 2. The molecule has 4 aromatic rings. The number of aromatic nitrogens is 2. The van der Waals surface area contributed by atoms with Gasteiger partial charge in [-0.05, 0) is 22.9 Å². The van der Waals surface area contributed by atoms with Crippen LogP contribution in [0.2, 0.25) is 0 Å². The molecule has 1 amide bonds. The van der Waals surface area contributed by atoms with Gasteiger partial charge in [-0.25, -0.2) is 9.97 Å². The van der Waals surface area contributed by atoms with Gasteiger partial charge in [-0.15, -0.1) is 22.7 Å². The van der Waals surface area contributed by atoms with Crippen molar-refractivity contribution in [1.29, 1.82) is 0 Å². The lowest BCUT2D eigenvalue weighted by Crippen LogP contribution is -2.10. The molecule has 0 atom stereocenters. The largest absolute Gasteiger partial charge is 0.397 e. The van der Waals surface area contributed by atoms with Crippen LogP contribution in [0.15, 0.2) is 34.3 Å². The Morgan fingerprint density at radius 3 is 2.70 bits per heavy atom. The Kier molecular flexibility index (Phi) is 3.37. The van der Waals surface area contributed by atoms with E-state index in [4.69, 9.17) is 16.5 Å². The van der Waals surface area contributed by atoms with E-state index in [1.165, 1.54) is 11.3 Å². The van der Waals surface area contributed by atoms with E-state index in [2.05, 4.69) is 4.98 Å². The van der Waals surface area contributed by atoms with Crippen molar-refractivity contribution in [2.24, 2.45) is 5.73 Å². The first-order valence-corrected chi connectivity index (χ1v) is 9.25. The monoisotopic (exact) mass is 358 g/mol. The van der Waals surface area contributed by atoms with Crippen LogP contribution in [0.4, 0.5) is 5.69 Å². The lowest BCUT2D eigenvalue weighted by Gasteiger charge is -2.04. The molecule has 0 aromatic carbocycles. The fourth-order valence-corrected chi connectivity index (χ4v) is 4.57. The third-order valence-corrected chi connectivity index (χ3v) is 6.01. The summed E-state index contributed by atoms with van der Waals surface area (Å²) < 4.78 is 0. The number of anilines is 1. The number of nitrogen functional groups attached to an aromatic ring is 1. The lowest BCUT2D eigenvalue weighted by molar-refractivity contribution is 0.100. The summed E-state index contributed by atoms with van der Waals surface area (Å²) in [7, 11) is 0.